The van der Waals surface area contributed by atoms with Gasteiger partial charge in [0, 0.05) is 11.1 Å². The first-order valence-corrected chi connectivity index (χ1v) is 6.09. The molecule has 0 aromatic heterocycles. The van der Waals surface area contributed by atoms with E-state index in [1.807, 2.05) is 26.8 Å². The summed E-state index contributed by atoms with van der Waals surface area (Å²) in [6, 6.07) is 5.51. The molecule has 0 bridgehead atoms. The highest BCUT2D eigenvalue weighted by atomic mass is 35.5. The van der Waals surface area contributed by atoms with E-state index >= 15 is 0 Å². The van der Waals surface area contributed by atoms with Gasteiger partial charge in [-0.1, -0.05) is 18.5 Å². The van der Waals surface area contributed by atoms with E-state index in [4.69, 9.17) is 16.3 Å². The van der Waals surface area contributed by atoms with Crippen molar-refractivity contribution in [1.82, 2.24) is 5.32 Å². The minimum atomic E-state index is -0.103. The van der Waals surface area contributed by atoms with E-state index < -0.39 is 0 Å². The molecule has 3 nitrogen and oxygen atoms in total. The maximum atomic E-state index is 11.5. The van der Waals surface area contributed by atoms with Crippen LogP contribution in [0.3, 0.4) is 0 Å². The Balaban J connectivity index is 2.47. The normalized spacial score (nSPS) is 12.0. The van der Waals surface area contributed by atoms with Gasteiger partial charge in [-0.3, -0.25) is 4.79 Å². The molecule has 0 aliphatic rings. The summed E-state index contributed by atoms with van der Waals surface area (Å²) in [5.41, 5.74) is 0.925. The summed E-state index contributed by atoms with van der Waals surface area (Å²) in [6.45, 7) is 5.92. The van der Waals surface area contributed by atoms with Gasteiger partial charge in [-0.05, 0) is 44.0 Å². The molecule has 1 aromatic rings. The number of carbonyl (C=O) groups is 1. The van der Waals surface area contributed by atoms with Crippen LogP contribution in [0, 0.1) is 6.92 Å². The Bertz CT molecular complexity index is 393. The molecule has 17 heavy (non-hydrogen) atoms. The molecule has 1 aromatic carbocycles. The van der Waals surface area contributed by atoms with Gasteiger partial charge in [-0.15, -0.1) is 0 Å². The second-order valence-electron chi connectivity index (χ2n) is 4.08. The number of halogens is 1. The molecule has 4 heteroatoms. The lowest BCUT2D eigenvalue weighted by atomic mass is 10.2. The molecule has 0 aliphatic carbocycles. The minimum absolute atomic E-state index is 0.0345. The molecular weight excluding hydrogens is 238 g/mol. The summed E-state index contributed by atoms with van der Waals surface area (Å²) in [4.78, 5) is 11.5. The first-order valence-electron chi connectivity index (χ1n) is 5.71. The first kappa shape index (κ1) is 13.8. The van der Waals surface area contributed by atoms with Crippen LogP contribution in [0.4, 0.5) is 0 Å². The van der Waals surface area contributed by atoms with Crippen LogP contribution in [0.25, 0.3) is 0 Å². The fourth-order valence-corrected chi connectivity index (χ4v) is 1.56. The Labute approximate surface area is 107 Å². The average molecular weight is 256 g/mol. The van der Waals surface area contributed by atoms with Gasteiger partial charge in [0.05, 0.1) is 0 Å². The summed E-state index contributed by atoms with van der Waals surface area (Å²) in [6.07, 6.45) is 0.908. The lowest BCUT2D eigenvalue weighted by Crippen LogP contribution is -2.35. The first-order chi connectivity index (χ1) is 8.02. The van der Waals surface area contributed by atoms with Crippen LogP contribution in [0.5, 0.6) is 5.75 Å². The van der Waals surface area contributed by atoms with Crippen molar-refractivity contribution in [2.45, 2.75) is 33.2 Å². The van der Waals surface area contributed by atoms with Crippen molar-refractivity contribution in [2.24, 2.45) is 0 Å². The van der Waals surface area contributed by atoms with Crippen LogP contribution in [0.2, 0.25) is 5.02 Å². The summed E-state index contributed by atoms with van der Waals surface area (Å²) in [5, 5.41) is 3.51. The Hall–Kier alpha value is -1.22. The van der Waals surface area contributed by atoms with E-state index in [0.717, 1.165) is 12.0 Å². The van der Waals surface area contributed by atoms with Gasteiger partial charge in [-0.25, -0.2) is 0 Å². The fraction of sp³-hybridized carbons (Fsp3) is 0.462. The zero-order valence-corrected chi connectivity index (χ0v) is 11.2. The monoisotopic (exact) mass is 255 g/mol. The minimum Gasteiger partial charge on any atom is -0.484 e. The van der Waals surface area contributed by atoms with Crippen LogP contribution in [-0.2, 0) is 4.79 Å². The van der Waals surface area contributed by atoms with Gasteiger partial charge in [0.1, 0.15) is 5.75 Å². The Morgan fingerprint density at radius 1 is 1.53 bits per heavy atom. The molecule has 0 radical (unpaired) electrons. The van der Waals surface area contributed by atoms with Crippen molar-refractivity contribution in [3.05, 3.63) is 28.8 Å². The van der Waals surface area contributed by atoms with Crippen molar-refractivity contribution in [2.75, 3.05) is 6.61 Å². The van der Waals surface area contributed by atoms with Crippen molar-refractivity contribution in [3.8, 4) is 5.75 Å². The van der Waals surface area contributed by atoms with E-state index in [2.05, 4.69) is 5.32 Å². The molecule has 0 spiro atoms. The summed E-state index contributed by atoms with van der Waals surface area (Å²) >= 11 is 5.83. The lowest BCUT2D eigenvalue weighted by molar-refractivity contribution is -0.123. The van der Waals surface area contributed by atoms with Gasteiger partial charge in [0.25, 0.3) is 5.91 Å². The third-order valence-corrected chi connectivity index (χ3v) is 2.75. The lowest BCUT2D eigenvalue weighted by Gasteiger charge is -2.13. The average Bonchev–Trinajstić information content (AvgIpc) is 2.27. The number of carbonyl (C=O) groups excluding carboxylic acids is 1. The molecular formula is C13H18ClNO2. The number of rotatable bonds is 5. The molecule has 0 heterocycles. The maximum Gasteiger partial charge on any atom is 0.258 e. The quantitative estimate of drug-likeness (QED) is 0.879. The number of nitrogens with one attached hydrogen (secondary N) is 1. The van der Waals surface area contributed by atoms with Gasteiger partial charge in [-0.2, -0.15) is 0 Å². The smallest absolute Gasteiger partial charge is 0.258 e. The largest absolute Gasteiger partial charge is 0.484 e. The van der Waals surface area contributed by atoms with E-state index in [9.17, 15) is 4.79 Å². The van der Waals surface area contributed by atoms with Crippen LogP contribution in [-0.4, -0.2) is 18.6 Å². The third kappa shape index (κ3) is 4.65. The Kier molecular flexibility index (Phi) is 5.29. The number of hydrogen-bond acceptors (Lipinski definition) is 2. The zero-order valence-electron chi connectivity index (χ0n) is 10.4. The van der Waals surface area contributed by atoms with Crippen molar-refractivity contribution in [1.29, 1.82) is 0 Å². The second-order valence-corrected chi connectivity index (χ2v) is 4.51. The summed E-state index contributed by atoms with van der Waals surface area (Å²) < 4.78 is 5.43. The van der Waals surface area contributed by atoms with Crippen molar-refractivity contribution in [3.63, 3.8) is 0 Å². The number of aryl methyl sites for hydroxylation is 1. The maximum absolute atomic E-state index is 11.5. The topological polar surface area (TPSA) is 38.3 Å². The molecule has 0 aliphatic heterocycles. The van der Waals surface area contributed by atoms with Crippen LogP contribution < -0.4 is 10.1 Å². The van der Waals surface area contributed by atoms with Crippen LogP contribution in [0.15, 0.2) is 18.2 Å². The highest BCUT2D eigenvalue weighted by molar-refractivity contribution is 6.30. The van der Waals surface area contributed by atoms with Gasteiger partial charge < -0.3 is 10.1 Å². The fourth-order valence-electron chi connectivity index (χ4n) is 1.34. The molecule has 1 amide bonds. The SMILES string of the molecule is CCC(C)NC(=O)COc1ccc(Cl)cc1C. The number of benzene rings is 1. The predicted octanol–water partition coefficient (Wildman–Crippen LogP) is 2.94. The standard InChI is InChI=1S/C13H18ClNO2/c1-4-10(3)15-13(16)8-17-12-6-5-11(14)7-9(12)2/h5-7,10H,4,8H2,1-3H3,(H,15,16). The summed E-state index contributed by atoms with van der Waals surface area (Å²) in [7, 11) is 0. The van der Waals surface area contributed by atoms with Gasteiger partial charge in [0.15, 0.2) is 6.61 Å². The molecule has 94 valence electrons. The van der Waals surface area contributed by atoms with Crippen LogP contribution in [0.1, 0.15) is 25.8 Å². The number of ether oxygens (including phenoxy) is 1. The highest BCUT2D eigenvalue weighted by Gasteiger charge is 2.07. The molecule has 0 saturated heterocycles. The van der Waals surface area contributed by atoms with Gasteiger partial charge in [0.2, 0.25) is 0 Å². The molecule has 0 fully saturated rings. The van der Waals surface area contributed by atoms with Crippen molar-refractivity contribution >= 4 is 17.5 Å². The predicted molar refractivity (Wildman–Crippen MR) is 69.6 cm³/mol. The van der Waals surface area contributed by atoms with Crippen LogP contribution >= 0.6 is 11.6 Å². The molecule has 1 atom stereocenters. The highest BCUT2D eigenvalue weighted by Crippen LogP contribution is 2.21. The Morgan fingerprint density at radius 3 is 2.82 bits per heavy atom. The molecule has 1 N–H and O–H groups in total. The third-order valence-electron chi connectivity index (χ3n) is 2.52. The molecule has 1 unspecified atom stereocenters. The molecule has 1 rings (SSSR count). The molecule has 0 saturated carbocycles. The number of hydrogen-bond donors (Lipinski definition) is 1. The summed E-state index contributed by atoms with van der Waals surface area (Å²) in [5.74, 6) is 0.586. The van der Waals surface area contributed by atoms with Gasteiger partial charge >= 0.3 is 0 Å². The zero-order chi connectivity index (χ0) is 12.8. The van der Waals surface area contributed by atoms with E-state index in [1.54, 1.807) is 12.1 Å². The van der Waals surface area contributed by atoms with E-state index in [0.29, 0.717) is 10.8 Å². The number of amides is 1. The van der Waals surface area contributed by atoms with E-state index in [1.165, 1.54) is 0 Å². The van der Waals surface area contributed by atoms with E-state index in [-0.39, 0.29) is 18.6 Å². The Morgan fingerprint density at radius 2 is 2.24 bits per heavy atom. The van der Waals surface area contributed by atoms with Crippen molar-refractivity contribution < 1.29 is 9.53 Å². The second kappa shape index (κ2) is 6.50.